The van der Waals surface area contributed by atoms with Crippen LogP contribution in [0.25, 0.3) is 0 Å². The zero-order valence-electron chi connectivity index (χ0n) is 12.6. The fraction of sp³-hybridized carbons (Fsp3) is 0.133. The second-order valence-corrected chi connectivity index (χ2v) is 7.35. The minimum absolute atomic E-state index is 0.0382. The maximum absolute atomic E-state index is 12.0. The lowest BCUT2D eigenvalue weighted by molar-refractivity contribution is 0.236. The molecule has 0 aliphatic rings. The molecule has 0 aromatic heterocycles. The van der Waals surface area contributed by atoms with E-state index < -0.39 is 22.1 Å². The van der Waals surface area contributed by atoms with Gasteiger partial charge in [-0.2, -0.15) is 0 Å². The first kappa shape index (κ1) is 18.5. The lowest BCUT2D eigenvalue weighted by Crippen LogP contribution is -2.47. The number of sulfonamides is 1. The van der Waals surface area contributed by atoms with Crippen molar-refractivity contribution >= 4 is 39.3 Å². The van der Waals surface area contributed by atoms with Crippen LogP contribution in [0, 0.1) is 0 Å². The van der Waals surface area contributed by atoms with Gasteiger partial charge in [0.05, 0.1) is 21.0 Å². The first-order valence-electron chi connectivity index (χ1n) is 6.88. The Labute approximate surface area is 150 Å². The highest BCUT2D eigenvalue weighted by Crippen LogP contribution is 2.29. The molecule has 2 rings (SSSR count). The molecule has 3 N–H and O–H groups in total. The molecule has 0 fully saturated rings. The molecular formula is C15H15Cl2N3O3S. The lowest BCUT2D eigenvalue weighted by Gasteiger charge is -2.17. The van der Waals surface area contributed by atoms with E-state index in [0.717, 1.165) is 0 Å². The largest absolute Gasteiger partial charge is 0.330 e. The van der Waals surface area contributed by atoms with Gasteiger partial charge in [0.1, 0.15) is 0 Å². The molecule has 2 aromatic carbocycles. The summed E-state index contributed by atoms with van der Waals surface area (Å²) < 4.78 is 24.0. The molecule has 0 radical (unpaired) electrons. The molecule has 0 aliphatic heterocycles. The van der Waals surface area contributed by atoms with Gasteiger partial charge in [-0.1, -0.05) is 53.5 Å². The number of halogens is 2. The van der Waals surface area contributed by atoms with Crippen molar-refractivity contribution in [2.45, 2.75) is 17.9 Å². The first-order valence-corrected chi connectivity index (χ1v) is 9.12. The van der Waals surface area contributed by atoms with Crippen LogP contribution in [0.1, 0.15) is 18.5 Å². The molecule has 6 nitrogen and oxygen atoms in total. The zero-order valence-corrected chi connectivity index (χ0v) is 14.9. The molecule has 0 aliphatic carbocycles. The molecule has 128 valence electrons. The number of hydrazine groups is 1. The van der Waals surface area contributed by atoms with Gasteiger partial charge in [0, 0.05) is 0 Å². The van der Waals surface area contributed by atoms with Gasteiger partial charge in [-0.05, 0) is 30.7 Å². The highest BCUT2D eigenvalue weighted by molar-refractivity contribution is 7.89. The van der Waals surface area contributed by atoms with E-state index in [4.69, 9.17) is 23.2 Å². The fourth-order valence-corrected chi connectivity index (χ4v) is 3.27. The van der Waals surface area contributed by atoms with E-state index in [1.54, 1.807) is 43.3 Å². The number of nitrogens with one attached hydrogen (secondary N) is 3. The third-order valence-electron chi connectivity index (χ3n) is 3.15. The first-order chi connectivity index (χ1) is 11.3. The summed E-state index contributed by atoms with van der Waals surface area (Å²) in [7, 11) is -3.84. The third kappa shape index (κ3) is 4.61. The van der Waals surface area contributed by atoms with Crippen molar-refractivity contribution in [3.63, 3.8) is 0 Å². The van der Waals surface area contributed by atoms with Gasteiger partial charge >= 0.3 is 6.03 Å². The van der Waals surface area contributed by atoms with Gasteiger partial charge in [0.2, 0.25) is 0 Å². The van der Waals surface area contributed by atoms with E-state index in [-0.39, 0.29) is 4.90 Å². The van der Waals surface area contributed by atoms with Crippen molar-refractivity contribution in [3.8, 4) is 0 Å². The van der Waals surface area contributed by atoms with E-state index in [2.05, 4.69) is 10.7 Å². The molecule has 0 saturated carbocycles. The Morgan fingerprint density at radius 1 is 1.04 bits per heavy atom. The highest BCUT2D eigenvalue weighted by Gasteiger charge is 2.17. The van der Waals surface area contributed by atoms with Gasteiger partial charge < -0.3 is 5.32 Å². The van der Waals surface area contributed by atoms with Crippen molar-refractivity contribution in [2.24, 2.45) is 0 Å². The molecule has 1 unspecified atom stereocenters. The SMILES string of the molecule is CC(NC(=O)NNS(=O)(=O)c1ccccc1)c1cccc(Cl)c1Cl. The van der Waals surface area contributed by atoms with Gasteiger partial charge in [-0.3, -0.25) is 5.43 Å². The Hall–Kier alpha value is -1.80. The molecule has 2 amide bonds. The van der Waals surface area contributed by atoms with Crippen LogP contribution in [0.15, 0.2) is 53.4 Å². The predicted molar refractivity (Wildman–Crippen MR) is 93.3 cm³/mol. The van der Waals surface area contributed by atoms with E-state index in [9.17, 15) is 13.2 Å². The van der Waals surface area contributed by atoms with Gasteiger partial charge in [0.15, 0.2) is 0 Å². The predicted octanol–water partition coefficient (Wildman–Crippen LogP) is 3.25. The molecule has 1 atom stereocenters. The number of carbonyl (C=O) groups excluding carboxylic acids is 1. The molecule has 0 heterocycles. The van der Waals surface area contributed by atoms with Crippen LogP contribution in [-0.4, -0.2) is 14.4 Å². The molecular weight excluding hydrogens is 373 g/mol. The number of carbonyl (C=O) groups is 1. The smallest absolute Gasteiger partial charge is 0.330 e. The van der Waals surface area contributed by atoms with Crippen LogP contribution in [0.4, 0.5) is 4.79 Å². The Bertz CT molecular complexity index is 829. The lowest BCUT2D eigenvalue weighted by atomic mass is 10.1. The Morgan fingerprint density at radius 3 is 2.38 bits per heavy atom. The van der Waals surface area contributed by atoms with Gasteiger partial charge in [-0.15, -0.1) is 4.83 Å². The minimum Gasteiger partial charge on any atom is -0.330 e. The topological polar surface area (TPSA) is 87.3 Å². The fourth-order valence-electron chi connectivity index (χ4n) is 1.94. The number of urea groups is 1. The van der Waals surface area contributed by atoms with Crippen molar-refractivity contribution in [1.82, 2.24) is 15.6 Å². The minimum atomic E-state index is -3.84. The van der Waals surface area contributed by atoms with Crippen LogP contribution in [-0.2, 0) is 10.0 Å². The Kier molecular flexibility index (Phi) is 6.06. The van der Waals surface area contributed by atoms with Crippen LogP contribution in [0.2, 0.25) is 10.0 Å². The molecule has 9 heteroatoms. The van der Waals surface area contributed by atoms with E-state index in [0.29, 0.717) is 15.6 Å². The highest BCUT2D eigenvalue weighted by atomic mass is 35.5. The van der Waals surface area contributed by atoms with E-state index >= 15 is 0 Å². The van der Waals surface area contributed by atoms with Crippen molar-refractivity contribution < 1.29 is 13.2 Å². The second-order valence-electron chi connectivity index (χ2n) is 4.88. The summed E-state index contributed by atoms with van der Waals surface area (Å²) in [4.78, 5) is 13.9. The summed E-state index contributed by atoms with van der Waals surface area (Å²) in [6.07, 6.45) is 0. The summed E-state index contributed by atoms with van der Waals surface area (Å²) in [5.74, 6) is 0. The summed E-state index contributed by atoms with van der Waals surface area (Å²) in [5, 5.41) is 3.27. The maximum atomic E-state index is 12.0. The summed E-state index contributed by atoms with van der Waals surface area (Å²) >= 11 is 12.0. The van der Waals surface area contributed by atoms with Crippen LogP contribution < -0.4 is 15.6 Å². The Morgan fingerprint density at radius 2 is 1.71 bits per heavy atom. The average molecular weight is 388 g/mol. The van der Waals surface area contributed by atoms with Crippen LogP contribution in [0.3, 0.4) is 0 Å². The number of hydrogen-bond acceptors (Lipinski definition) is 3. The molecule has 2 aromatic rings. The molecule has 0 spiro atoms. The molecule has 0 saturated heterocycles. The van der Waals surface area contributed by atoms with Gasteiger partial charge in [-0.25, -0.2) is 13.2 Å². The van der Waals surface area contributed by atoms with Crippen molar-refractivity contribution in [2.75, 3.05) is 0 Å². The number of hydrogen-bond donors (Lipinski definition) is 3. The number of rotatable bonds is 5. The monoisotopic (exact) mass is 387 g/mol. The average Bonchev–Trinajstić information content (AvgIpc) is 2.56. The number of benzene rings is 2. The third-order valence-corrected chi connectivity index (χ3v) is 5.25. The zero-order chi connectivity index (χ0) is 17.7. The van der Waals surface area contributed by atoms with E-state index in [1.807, 2.05) is 4.83 Å². The number of amides is 2. The second kappa shape index (κ2) is 7.85. The summed E-state index contributed by atoms with van der Waals surface area (Å²) in [6.45, 7) is 1.70. The van der Waals surface area contributed by atoms with Crippen LogP contribution in [0.5, 0.6) is 0 Å². The molecule has 0 bridgehead atoms. The summed E-state index contributed by atoms with van der Waals surface area (Å²) in [6, 6.07) is 11.5. The van der Waals surface area contributed by atoms with Crippen LogP contribution >= 0.6 is 23.2 Å². The standard InChI is InChI=1S/C15H15Cl2N3O3S/c1-10(12-8-5-9-13(16)14(12)17)18-15(21)19-20-24(22,23)11-6-3-2-4-7-11/h2-10,20H,1H3,(H2,18,19,21). The van der Waals surface area contributed by atoms with E-state index in [1.165, 1.54) is 12.1 Å². The summed E-state index contributed by atoms with van der Waals surface area (Å²) in [5.41, 5.74) is 2.71. The van der Waals surface area contributed by atoms with Crippen molar-refractivity contribution in [3.05, 3.63) is 64.1 Å². The molecule has 24 heavy (non-hydrogen) atoms. The maximum Gasteiger partial charge on any atom is 0.330 e. The van der Waals surface area contributed by atoms with Gasteiger partial charge in [0.25, 0.3) is 10.0 Å². The van der Waals surface area contributed by atoms with Crippen molar-refractivity contribution in [1.29, 1.82) is 0 Å². The Balaban J connectivity index is 1.97. The quantitative estimate of drug-likeness (QED) is 0.688. The normalized spacial score (nSPS) is 12.5.